The third kappa shape index (κ3) is 2.99. The second kappa shape index (κ2) is 4.77. The Bertz CT molecular complexity index is 356. The van der Waals surface area contributed by atoms with E-state index in [1.54, 1.807) is 0 Å². The third-order valence-electron chi connectivity index (χ3n) is 3.37. The standard InChI is InChI=1S/C14H20ClN/c1-11(2)16-10-14(7-8-14)9-12-5-3-4-6-13(12)15/h3-6,11,16H,7-10H2,1-2H3. The molecule has 2 rings (SSSR count). The van der Waals surface area contributed by atoms with Gasteiger partial charge >= 0.3 is 0 Å². The summed E-state index contributed by atoms with van der Waals surface area (Å²) in [6, 6.07) is 8.79. The fourth-order valence-electron chi connectivity index (χ4n) is 2.06. The average Bonchev–Trinajstić information content (AvgIpc) is 3.00. The summed E-state index contributed by atoms with van der Waals surface area (Å²) in [7, 11) is 0. The molecule has 1 N–H and O–H groups in total. The fourth-order valence-corrected chi connectivity index (χ4v) is 2.26. The van der Waals surface area contributed by atoms with Crippen molar-refractivity contribution in [1.29, 1.82) is 0 Å². The maximum Gasteiger partial charge on any atom is 0.0438 e. The molecule has 1 saturated carbocycles. The second-order valence-corrected chi connectivity index (χ2v) is 5.71. The Morgan fingerprint density at radius 1 is 1.31 bits per heavy atom. The van der Waals surface area contributed by atoms with E-state index in [-0.39, 0.29) is 0 Å². The largest absolute Gasteiger partial charge is 0.314 e. The molecule has 0 atom stereocenters. The summed E-state index contributed by atoms with van der Waals surface area (Å²) in [5.41, 5.74) is 1.78. The van der Waals surface area contributed by atoms with E-state index in [1.807, 2.05) is 12.1 Å². The van der Waals surface area contributed by atoms with E-state index < -0.39 is 0 Å². The molecule has 0 saturated heterocycles. The molecule has 1 aliphatic rings. The van der Waals surface area contributed by atoms with Crippen molar-refractivity contribution in [1.82, 2.24) is 5.32 Å². The van der Waals surface area contributed by atoms with E-state index in [1.165, 1.54) is 18.4 Å². The van der Waals surface area contributed by atoms with Gasteiger partial charge in [-0.2, -0.15) is 0 Å². The summed E-state index contributed by atoms with van der Waals surface area (Å²) in [4.78, 5) is 0. The van der Waals surface area contributed by atoms with Crippen LogP contribution in [0, 0.1) is 5.41 Å². The van der Waals surface area contributed by atoms with Crippen LogP contribution < -0.4 is 5.32 Å². The molecule has 0 aliphatic heterocycles. The Morgan fingerprint density at radius 3 is 2.56 bits per heavy atom. The molecule has 0 spiro atoms. The van der Waals surface area contributed by atoms with Crippen LogP contribution in [0.3, 0.4) is 0 Å². The average molecular weight is 238 g/mol. The summed E-state index contributed by atoms with van der Waals surface area (Å²) in [6.07, 6.45) is 3.78. The Hall–Kier alpha value is -0.530. The van der Waals surface area contributed by atoms with E-state index in [0.29, 0.717) is 11.5 Å². The van der Waals surface area contributed by atoms with Crippen molar-refractivity contribution < 1.29 is 0 Å². The predicted octanol–water partition coefficient (Wildman–Crippen LogP) is 3.66. The maximum atomic E-state index is 6.20. The van der Waals surface area contributed by atoms with Gasteiger partial charge in [-0.3, -0.25) is 0 Å². The van der Waals surface area contributed by atoms with Crippen molar-refractivity contribution in [3.63, 3.8) is 0 Å². The fraction of sp³-hybridized carbons (Fsp3) is 0.571. The molecule has 1 aliphatic carbocycles. The van der Waals surface area contributed by atoms with Gasteiger partial charge in [0.25, 0.3) is 0 Å². The van der Waals surface area contributed by atoms with Crippen molar-refractivity contribution in [3.8, 4) is 0 Å². The first-order valence-electron chi connectivity index (χ1n) is 6.08. The predicted molar refractivity (Wildman–Crippen MR) is 70.0 cm³/mol. The Kier molecular flexibility index (Phi) is 3.56. The first-order valence-corrected chi connectivity index (χ1v) is 6.46. The summed E-state index contributed by atoms with van der Waals surface area (Å²) < 4.78 is 0. The van der Waals surface area contributed by atoms with Crippen molar-refractivity contribution in [2.75, 3.05) is 6.54 Å². The molecule has 1 aromatic carbocycles. The number of benzene rings is 1. The maximum absolute atomic E-state index is 6.20. The number of halogens is 1. The summed E-state index contributed by atoms with van der Waals surface area (Å²) >= 11 is 6.20. The highest BCUT2D eigenvalue weighted by molar-refractivity contribution is 6.31. The first kappa shape index (κ1) is 11.9. The molecule has 0 unspecified atom stereocenters. The van der Waals surface area contributed by atoms with E-state index >= 15 is 0 Å². The van der Waals surface area contributed by atoms with Crippen LogP contribution in [0.2, 0.25) is 5.02 Å². The van der Waals surface area contributed by atoms with Gasteiger partial charge in [-0.15, -0.1) is 0 Å². The Labute approximate surface area is 103 Å². The first-order chi connectivity index (χ1) is 7.61. The highest BCUT2D eigenvalue weighted by Gasteiger charge is 2.42. The molecule has 2 heteroatoms. The van der Waals surface area contributed by atoms with Gasteiger partial charge < -0.3 is 5.32 Å². The van der Waals surface area contributed by atoms with E-state index in [0.717, 1.165) is 18.0 Å². The van der Waals surface area contributed by atoms with Crippen LogP contribution in [-0.4, -0.2) is 12.6 Å². The zero-order valence-corrected chi connectivity index (χ0v) is 10.8. The van der Waals surface area contributed by atoms with E-state index in [2.05, 4.69) is 31.3 Å². The minimum Gasteiger partial charge on any atom is -0.314 e. The minimum atomic E-state index is 0.481. The van der Waals surface area contributed by atoms with Crippen molar-refractivity contribution in [2.24, 2.45) is 5.41 Å². The van der Waals surface area contributed by atoms with E-state index in [9.17, 15) is 0 Å². The molecule has 0 heterocycles. The van der Waals surface area contributed by atoms with Gasteiger partial charge in [-0.1, -0.05) is 43.6 Å². The van der Waals surface area contributed by atoms with Gasteiger partial charge in [0, 0.05) is 17.6 Å². The molecule has 0 aromatic heterocycles. The summed E-state index contributed by atoms with van der Waals surface area (Å²) in [6.45, 7) is 5.52. The summed E-state index contributed by atoms with van der Waals surface area (Å²) in [5, 5.41) is 4.46. The number of hydrogen-bond donors (Lipinski definition) is 1. The highest BCUT2D eigenvalue weighted by Crippen LogP contribution is 2.48. The van der Waals surface area contributed by atoms with Crippen molar-refractivity contribution >= 4 is 11.6 Å². The van der Waals surface area contributed by atoms with Crippen LogP contribution in [0.25, 0.3) is 0 Å². The topological polar surface area (TPSA) is 12.0 Å². The van der Waals surface area contributed by atoms with Crippen molar-refractivity contribution in [2.45, 2.75) is 39.2 Å². The molecule has 1 nitrogen and oxygen atoms in total. The van der Waals surface area contributed by atoms with Crippen LogP contribution in [0.1, 0.15) is 32.3 Å². The molecule has 0 amide bonds. The molecule has 0 radical (unpaired) electrons. The minimum absolute atomic E-state index is 0.481. The highest BCUT2D eigenvalue weighted by atomic mass is 35.5. The van der Waals surface area contributed by atoms with Crippen LogP contribution in [0.4, 0.5) is 0 Å². The molecular formula is C14H20ClN. The molecule has 16 heavy (non-hydrogen) atoms. The lowest BCUT2D eigenvalue weighted by Crippen LogP contribution is -2.31. The molecular weight excluding hydrogens is 218 g/mol. The number of nitrogens with one attached hydrogen (secondary N) is 1. The van der Waals surface area contributed by atoms with Gasteiger partial charge in [-0.05, 0) is 36.3 Å². The second-order valence-electron chi connectivity index (χ2n) is 5.30. The van der Waals surface area contributed by atoms with E-state index in [4.69, 9.17) is 11.6 Å². The normalized spacial score (nSPS) is 17.8. The molecule has 0 bridgehead atoms. The van der Waals surface area contributed by atoms with Crippen LogP contribution in [0.15, 0.2) is 24.3 Å². The Morgan fingerprint density at radius 2 is 2.00 bits per heavy atom. The lowest BCUT2D eigenvalue weighted by molar-refractivity contribution is 0.429. The monoisotopic (exact) mass is 237 g/mol. The van der Waals surface area contributed by atoms with Gasteiger partial charge in [0.15, 0.2) is 0 Å². The van der Waals surface area contributed by atoms with Gasteiger partial charge in [0.1, 0.15) is 0 Å². The molecule has 1 aromatic rings. The van der Waals surface area contributed by atoms with Crippen molar-refractivity contribution in [3.05, 3.63) is 34.9 Å². The SMILES string of the molecule is CC(C)NCC1(Cc2ccccc2Cl)CC1. The van der Waals surface area contributed by atoms with Crippen LogP contribution in [0.5, 0.6) is 0 Å². The lowest BCUT2D eigenvalue weighted by atomic mass is 9.96. The van der Waals surface area contributed by atoms with Gasteiger partial charge in [0.2, 0.25) is 0 Å². The molecule has 1 fully saturated rings. The number of hydrogen-bond acceptors (Lipinski definition) is 1. The number of rotatable bonds is 5. The molecule has 88 valence electrons. The third-order valence-corrected chi connectivity index (χ3v) is 3.73. The van der Waals surface area contributed by atoms with Gasteiger partial charge in [-0.25, -0.2) is 0 Å². The van der Waals surface area contributed by atoms with Crippen LogP contribution >= 0.6 is 11.6 Å². The zero-order chi connectivity index (χ0) is 11.6. The quantitative estimate of drug-likeness (QED) is 0.824. The van der Waals surface area contributed by atoms with Gasteiger partial charge in [0.05, 0.1) is 0 Å². The zero-order valence-electron chi connectivity index (χ0n) is 10.1. The Balaban J connectivity index is 1.96. The lowest BCUT2D eigenvalue weighted by Gasteiger charge is -2.18. The smallest absolute Gasteiger partial charge is 0.0438 e. The van der Waals surface area contributed by atoms with Crippen LogP contribution in [-0.2, 0) is 6.42 Å². The summed E-state index contributed by atoms with van der Waals surface area (Å²) in [5.74, 6) is 0.